The number of nitrogens with zero attached hydrogens (tertiary/aromatic N) is 1. The van der Waals surface area contributed by atoms with Crippen molar-refractivity contribution in [2.24, 2.45) is 22.5 Å². The van der Waals surface area contributed by atoms with E-state index in [-0.39, 0.29) is 6.42 Å². The van der Waals surface area contributed by atoms with Gasteiger partial charge in [0, 0.05) is 11.4 Å². The van der Waals surface area contributed by atoms with Crippen molar-refractivity contribution in [1.82, 2.24) is 0 Å². The molecule has 0 saturated heterocycles. The maximum absolute atomic E-state index is 11.0. The maximum atomic E-state index is 11.0. The lowest BCUT2D eigenvalue weighted by atomic mass is 9.66. The standard InChI is InChI=1S/C10H16O4.C7H16N2O2/c1-9(2)6(7(11)12)4-5-10(9,3)8(13)14;1-9(2,3)5-6(10)4-7(8)11/h6H,4-5H2,1-3H3,(H,11,12)(H,13,14);6,10H,4-5H2,1-3H3,(H-,8,11)/t6-,10+;6-/m11/s1. The summed E-state index contributed by atoms with van der Waals surface area (Å²) in [4.78, 5) is 32.3. The molecule has 1 amide bonds. The summed E-state index contributed by atoms with van der Waals surface area (Å²) in [6.07, 6.45) is 0.217. The molecule has 0 spiro atoms. The number of amides is 1. The van der Waals surface area contributed by atoms with Gasteiger partial charge in [-0.1, -0.05) is 20.8 Å². The highest BCUT2D eigenvalue weighted by Gasteiger charge is 2.55. The van der Waals surface area contributed by atoms with E-state index in [1.807, 2.05) is 21.1 Å². The van der Waals surface area contributed by atoms with Crippen LogP contribution < -0.4 is 10.8 Å². The van der Waals surface area contributed by atoms with Crippen LogP contribution in [-0.2, 0) is 14.4 Å². The second kappa shape index (κ2) is 8.14. The molecule has 0 aromatic heterocycles. The van der Waals surface area contributed by atoms with Crippen LogP contribution in [0.2, 0.25) is 0 Å². The molecule has 1 aliphatic rings. The van der Waals surface area contributed by atoms with E-state index in [0.29, 0.717) is 23.9 Å². The topological polar surface area (TPSA) is 141 Å². The number of hydrogen-bond acceptors (Lipinski definition) is 5. The van der Waals surface area contributed by atoms with E-state index in [2.05, 4.69) is 0 Å². The summed E-state index contributed by atoms with van der Waals surface area (Å²) in [5.41, 5.74) is 3.12. The quantitative estimate of drug-likeness (QED) is 0.529. The maximum Gasteiger partial charge on any atom is 0.307 e. The third-order valence-electron chi connectivity index (χ3n) is 5.17. The molecule has 25 heavy (non-hydrogen) atoms. The Labute approximate surface area is 149 Å². The predicted molar refractivity (Wildman–Crippen MR) is 90.0 cm³/mol. The number of aliphatic carboxylic acids is 2. The molecule has 8 heteroatoms. The summed E-state index contributed by atoms with van der Waals surface area (Å²) in [6.45, 7) is 5.50. The molecule has 0 unspecified atom stereocenters. The number of primary amides is 1. The van der Waals surface area contributed by atoms with Gasteiger partial charge < -0.3 is 30.3 Å². The van der Waals surface area contributed by atoms with Crippen molar-refractivity contribution >= 4 is 17.8 Å². The molecule has 1 fully saturated rings. The number of aliphatic hydroxyl groups excluding tert-OH is 1. The monoisotopic (exact) mass is 360 g/mol. The van der Waals surface area contributed by atoms with Crippen molar-refractivity contribution in [3.05, 3.63) is 0 Å². The van der Waals surface area contributed by atoms with Crippen molar-refractivity contribution in [2.45, 2.75) is 46.1 Å². The molecule has 0 aromatic carbocycles. The lowest BCUT2D eigenvalue weighted by molar-refractivity contribution is -0.873. The fraction of sp³-hybridized carbons (Fsp3) is 0.824. The summed E-state index contributed by atoms with van der Waals surface area (Å²) in [7, 11) is 5.85. The molecule has 0 aliphatic heterocycles. The summed E-state index contributed by atoms with van der Waals surface area (Å²) >= 11 is 0. The third kappa shape index (κ3) is 6.28. The van der Waals surface area contributed by atoms with E-state index in [1.165, 1.54) is 0 Å². The van der Waals surface area contributed by atoms with Gasteiger partial charge in [-0.3, -0.25) is 9.59 Å². The van der Waals surface area contributed by atoms with Gasteiger partial charge in [-0.2, -0.15) is 0 Å². The molecule has 146 valence electrons. The number of carboxylic acids is 2. The molecule has 0 radical (unpaired) electrons. The van der Waals surface area contributed by atoms with E-state index in [9.17, 15) is 24.6 Å². The fourth-order valence-corrected chi connectivity index (χ4v) is 3.23. The van der Waals surface area contributed by atoms with Crippen molar-refractivity contribution < 1.29 is 34.2 Å². The first kappa shape index (κ1) is 23.3. The Morgan fingerprint density at radius 2 is 1.72 bits per heavy atom. The minimum Gasteiger partial charge on any atom is -0.550 e. The fourth-order valence-electron chi connectivity index (χ4n) is 3.23. The minimum atomic E-state index is -1.15. The molecule has 3 atom stereocenters. The molecular weight excluding hydrogens is 328 g/mol. The zero-order chi connectivity index (χ0) is 20.2. The number of quaternary nitrogens is 1. The van der Waals surface area contributed by atoms with Crippen LogP contribution in [0.1, 0.15) is 40.0 Å². The summed E-state index contributed by atoms with van der Waals surface area (Å²) in [5.74, 6) is -3.11. The third-order valence-corrected chi connectivity index (χ3v) is 5.17. The normalized spacial score (nSPS) is 26.3. The van der Waals surface area contributed by atoms with Crippen LogP contribution in [-0.4, -0.2) is 66.3 Å². The Morgan fingerprint density at radius 3 is 1.96 bits per heavy atom. The van der Waals surface area contributed by atoms with E-state index in [4.69, 9.17) is 10.8 Å². The van der Waals surface area contributed by atoms with Crippen molar-refractivity contribution in [3.8, 4) is 0 Å². The van der Waals surface area contributed by atoms with Crippen molar-refractivity contribution in [1.29, 1.82) is 0 Å². The van der Waals surface area contributed by atoms with Gasteiger partial charge in [0.1, 0.15) is 12.6 Å². The van der Waals surface area contributed by atoms with Crippen molar-refractivity contribution in [3.63, 3.8) is 0 Å². The molecule has 0 heterocycles. The summed E-state index contributed by atoms with van der Waals surface area (Å²) in [6, 6.07) is 0. The first-order valence-electron chi connectivity index (χ1n) is 8.25. The molecule has 1 aliphatic carbocycles. The van der Waals surface area contributed by atoms with Crippen LogP contribution in [0.15, 0.2) is 0 Å². The Morgan fingerprint density at radius 1 is 1.24 bits per heavy atom. The van der Waals surface area contributed by atoms with E-state index < -0.39 is 40.7 Å². The summed E-state index contributed by atoms with van der Waals surface area (Å²) < 4.78 is 0.633. The van der Waals surface area contributed by atoms with Crippen LogP contribution in [0.4, 0.5) is 0 Å². The van der Waals surface area contributed by atoms with Crippen LogP contribution in [0.5, 0.6) is 0 Å². The van der Waals surface area contributed by atoms with Gasteiger partial charge in [0.2, 0.25) is 5.91 Å². The van der Waals surface area contributed by atoms with Gasteiger partial charge in [-0.25, -0.2) is 0 Å². The molecule has 1 saturated carbocycles. The average molecular weight is 360 g/mol. The number of aliphatic hydroxyl groups is 1. The molecule has 0 bridgehead atoms. The molecule has 0 aromatic rings. The van der Waals surface area contributed by atoms with Gasteiger partial charge in [0.25, 0.3) is 0 Å². The number of carboxylic acid groups (broad SMARTS) is 2. The second-order valence-corrected chi connectivity index (χ2v) is 8.57. The SMILES string of the molecule is CC1(C)[C@@H](C(=O)O)CC[C@@]1(C)C(=O)[O-].C[N+](C)(C)C[C@H](O)CC(N)=O. The first-order chi connectivity index (χ1) is 11.0. The number of likely N-dealkylation sites (N-methyl/N-ethyl adjacent to an activating group) is 1. The van der Waals surface area contributed by atoms with E-state index in [1.54, 1.807) is 20.8 Å². The zero-order valence-corrected chi connectivity index (χ0v) is 16.0. The number of rotatable bonds is 6. The second-order valence-electron chi connectivity index (χ2n) is 8.57. The minimum absolute atomic E-state index is 0.0511. The van der Waals surface area contributed by atoms with Gasteiger partial charge in [0.05, 0.1) is 33.5 Å². The van der Waals surface area contributed by atoms with E-state index >= 15 is 0 Å². The number of nitrogens with two attached hydrogens (primary N) is 1. The highest BCUT2D eigenvalue weighted by molar-refractivity contribution is 5.78. The zero-order valence-electron chi connectivity index (χ0n) is 16.0. The largest absolute Gasteiger partial charge is 0.550 e. The highest BCUT2D eigenvalue weighted by Crippen LogP contribution is 2.55. The average Bonchev–Trinajstić information content (AvgIpc) is 2.58. The first-order valence-corrected chi connectivity index (χ1v) is 8.25. The van der Waals surface area contributed by atoms with Crippen molar-refractivity contribution in [2.75, 3.05) is 27.7 Å². The molecular formula is C17H32N2O6. The molecule has 4 N–H and O–H groups in total. The lowest BCUT2D eigenvalue weighted by Gasteiger charge is -2.41. The predicted octanol–water partition coefficient (Wildman–Crippen LogP) is -0.808. The lowest BCUT2D eigenvalue weighted by Crippen LogP contribution is -2.49. The Hall–Kier alpha value is -1.67. The number of carbonyl (C=O) groups is 3. The Kier molecular flexibility index (Phi) is 7.60. The van der Waals surface area contributed by atoms with Crippen LogP contribution in [0.25, 0.3) is 0 Å². The Balaban J connectivity index is 0.000000477. The smallest absolute Gasteiger partial charge is 0.307 e. The molecule has 1 rings (SSSR count). The summed E-state index contributed by atoms with van der Waals surface area (Å²) in [5, 5.41) is 29.2. The van der Waals surface area contributed by atoms with Crippen LogP contribution >= 0.6 is 0 Å². The molecule has 8 nitrogen and oxygen atoms in total. The number of carbonyl (C=O) groups excluding carboxylic acids is 2. The van der Waals surface area contributed by atoms with Gasteiger partial charge in [-0.15, -0.1) is 0 Å². The van der Waals surface area contributed by atoms with Crippen LogP contribution in [0, 0.1) is 16.7 Å². The van der Waals surface area contributed by atoms with E-state index in [0.717, 1.165) is 0 Å². The van der Waals surface area contributed by atoms with Gasteiger partial charge in [-0.05, 0) is 18.3 Å². The van der Waals surface area contributed by atoms with Crippen LogP contribution in [0.3, 0.4) is 0 Å². The number of hydrogen-bond donors (Lipinski definition) is 3. The highest BCUT2D eigenvalue weighted by atomic mass is 16.4. The Bertz CT molecular complexity index is 512. The van der Waals surface area contributed by atoms with Gasteiger partial charge in [0.15, 0.2) is 0 Å². The van der Waals surface area contributed by atoms with Gasteiger partial charge >= 0.3 is 5.97 Å².